The molecule has 0 aromatic carbocycles. The summed E-state index contributed by atoms with van der Waals surface area (Å²) in [5.41, 5.74) is 0. The molecule has 1 rings (SSSR count). The lowest BCUT2D eigenvalue weighted by Crippen LogP contribution is -2.24. The van der Waals surface area contributed by atoms with E-state index >= 15 is 0 Å². The van der Waals surface area contributed by atoms with E-state index in [1.807, 2.05) is 0 Å². The van der Waals surface area contributed by atoms with Crippen molar-refractivity contribution in [2.75, 3.05) is 13.6 Å². The second-order valence-electron chi connectivity index (χ2n) is 2.09. The van der Waals surface area contributed by atoms with Crippen LogP contribution in [0.2, 0.25) is 0 Å². The van der Waals surface area contributed by atoms with E-state index in [1.54, 1.807) is 0 Å². The second-order valence-corrected chi connectivity index (χ2v) is 2.09. The molecule has 1 N–H and O–H groups in total. The lowest BCUT2D eigenvalue weighted by Gasteiger charge is -1.99. The van der Waals surface area contributed by atoms with Gasteiger partial charge in [0.15, 0.2) is 0 Å². The topological polar surface area (TPSA) is 66.8 Å². The van der Waals surface area contributed by atoms with Crippen molar-refractivity contribution >= 4 is 12.1 Å². The minimum Gasteiger partial charge on any atom is -0.478 e. The van der Waals surface area contributed by atoms with Gasteiger partial charge in [-0.3, -0.25) is 0 Å². The summed E-state index contributed by atoms with van der Waals surface area (Å²) in [7, 11) is 1.49. The largest absolute Gasteiger partial charge is 0.478 e. The maximum atomic E-state index is 10.5. The first-order valence-electron chi connectivity index (χ1n) is 2.76. The van der Waals surface area contributed by atoms with Crippen molar-refractivity contribution in [3.63, 3.8) is 0 Å². The van der Waals surface area contributed by atoms with E-state index in [2.05, 4.69) is 4.74 Å². The predicted octanol–water partition coefficient (Wildman–Crippen LogP) is -0.478. The minimum atomic E-state index is -1.10. The molecule has 1 aliphatic heterocycles. The molecule has 0 radical (unpaired) electrons. The maximum absolute atomic E-state index is 10.5. The minimum absolute atomic E-state index is 0.133. The van der Waals surface area contributed by atoms with E-state index in [0.29, 0.717) is 0 Å². The molecule has 10 heavy (non-hydrogen) atoms. The van der Waals surface area contributed by atoms with Gasteiger partial charge in [0.05, 0.1) is 6.54 Å². The monoisotopic (exact) mass is 145 g/mol. The van der Waals surface area contributed by atoms with Crippen LogP contribution in [0.15, 0.2) is 0 Å². The van der Waals surface area contributed by atoms with E-state index in [4.69, 9.17) is 5.11 Å². The molecular weight excluding hydrogens is 138 g/mol. The average molecular weight is 145 g/mol. The molecule has 0 aromatic rings. The van der Waals surface area contributed by atoms with Crippen LogP contribution in [0.5, 0.6) is 0 Å². The zero-order valence-electron chi connectivity index (χ0n) is 5.40. The molecule has 1 aliphatic rings. The van der Waals surface area contributed by atoms with Gasteiger partial charge in [-0.25, -0.2) is 9.59 Å². The van der Waals surface area contributed by atoms with Gasteiger partial charge in [-0.15, -0.1) is 0 Å². The molecule has 1 amide bonds. The summed E-state index contributed by atoms with van der Waals surface area (Å²) in [5.74, 6) is -1.10. The Morgan fingerprint density at radius 3 is 2.70 bits per heavy atom. The molecule has 5 nitrogen and oxygen atoms in total. The molecule has 0 aromatic heterocycles. The third-order valence-electron chi connectivity index (χ3n) is 1.27. The first kappa shape index (κ1) is 6.85. The Morgan fingerprint density at radius 1 is 1.90 bits per heavy atom. The number of hydrogen-bond donors (Lipinski definition) is 1. The quantitative estimate of drug-likeness (QED) is 0.541. The number of hydrogen-bond acceptors (Lipinski definition) is 3. The molecular formula is C5H7NO4. The van der Waals surface area contributed by atoms with Gasteiger partial charge in [0.1, 0.15) is 0 Å². The zero-order valence-corrected chi connectivity index (χ0v) is 5.40. The molecule has 5 heteroatoms. The normalized spacial score (nSPS) is 24.7. The fourth-order valence-electron chi connectivity index (χ4n) is 0.701. The van der Waals surface area contributed by atoms with Crippen LogP contribution in [0.25, 0.3) is 0 Å². The molecule has 0 aliphatic carbocycles. The van der Waals surface area contributed by atoms with E-state index in [1.165, 1.54) is 11.9 Å². The van der Waals surface area contributed by atoms with E-state index < -0.39 is 18.2 Å². The smallest absolute Gasteiger partial charge is 0.410 e. The van der Waals surface area contributed by atoms with E-state index in [-0.39, 0.29) is 6.54 Å². The third kappa shape index (κ3) is 1.02. The fourth-order valence-corrected chi connectivity index (χ4v) is 0.701. The van der Waals surface area contributed by atoms with Crippen LogP contribution in [0.3, 0.4) is 0 Å². The number of likely N-dealkylation sites (N-methyl/N-ethyl adjacent to an activating group) is 1. The predicted molar refractivity (Wildman–Crippen MR) is 30.5 cm³/mol. The fraction of sp³-hybridized carbons (Fsp3) is 0.600. The van der Waals surface area contributed by atoms with Gasteiger partial charge in [0.2, 0.25) is 6.10 Å². The Morgan fingerprint density at radius 2 is 2.50 bits per heavy atom. The van der Waals surface area contributed by atoms with Crippen molar-refractivity contribution < 1.29 is 19.4 Å². The van der Waals surface area contributed by atoms with Crippen molar-refractivity contribution in [3.05, 3.63) is 0 Å². The first-order valence-corrected chi connectivity index (χ1v) is 2.76. The lowest BCUT2D eigenvalue weighted by molar-refractivity contribution is -0.144. The number of carboxylic acids is 1. The highest BCUT2D eigenvalue weighted by molar-refractivity contribution is 5.80. The highest BCUT2D eigenvalue weighted by Crippen LogP contribution is 2.07. The average Bonchev–Trinajstić information content (AvgIpc) is 2.13. The summed E-state index contributed by atoms with van der Waals surface area (Å²) in [4.78, 5) is 21.9. The molecule has 0 unspecified atom stereocenters. The number of rotatable bonds is 1. The van der Waals surface area contributed by atoms with Gasteiger partial charge in [-0.2, -0.15) is 0 Å². The number of nitrogens with zero attached hydrogens (tertiary/aromatic N) is 1. The molecule has 1 saturated heterocycles. The first-order chi connectivity index (χ1) is 4.61. The maximum Gasteiger partial charge on any atom is 0.410 e. The molecule has 0 saturated carbocycles. The van der Waals surface area contributed by atoms with E-state index in [9.17, 15) is 9.59 Å². The Kier molecular flexibility index (Phi) is 1.48. The molecule has 0 bridgehead atoms. The van der Waals surface area contributed by atoms with Crippen molar-refractivity contribution in [2.45, 2.75) is 6.10 Å². The highest BCUT2D eigenvalue weighted by atomic mass is 16.6. The van der Waals surface area contributed by atoms with E-state index in [0.717, 1.165) is 0 Å². The molecule has 1 atom stereocenters. The van der Waals surface area contributed by atoms with Crippen molar-refractivity contribution in [2.24, 2.45) is 0 Å². The van der Waals surface area contributed by atoms with Crippen LogP contribution < -0.4 is 0 Å². The molecule has 56 valence electrons. The Hall–Kier alpha value is -1.26. The van der Waals surface area contributed by atoms with Crippen LogP contribution in [0.1, 0.15) is 0 Å². The van der Waals surface area contributed by atoms with Gasteiger partial charge in [0, 0.05) is 7.05 Å². The van der Waals surface area contributed by atoms with Crippen LogP contribution in [0.4, 0.5) is 4.79 Å². The van der Waals surface area contributed by atoms with Crippen molar-refractivity contribution in [1.29, 1.82) is 0 Å². The number of ether oxygens (including phenoxy) is 1. The summed E-state index contributed by atoms with van der Waals surface area (Å²) in [5, 5.41) is 8.34. The summed E-state index contributed by atoms with van der Waals surface area (Å²) in [6, 6.07) is 0. The van der Waals surface area contributed by atoms with Crippen LogP contribution in [0, 0.1) is 0 Å². The van der Waals surface area contributed by atoms with Gasteiger partial charge in [-0.05, 0) is 0 Å². The number of amides is 1. The van der Waals surface area contributed by atoms with Gasteiger partial charge in [-0.1, -0.05) is 0 Å². The number of carboxylic acid groups (broad SMARTS) is 1. The van der Waals surface area contributed by atoms with Crippen LogP contribution in [-0.4, -0.2) is 41.8 Å². The lowest BCUT2D eigenvalue weighted by atomic mass is 10.4. The van der Waals surface area contributed by atoms with Crippen LogP contribution >= 0.6 is 0 Å². The SMILES string of the molecule is CN1C[C@H](C(=O)O)OC1=O. The molecule has 1 heterocycles. The van der Waals surface area contributed by atoms with Gasteiger partial charge >= 0.3 is 12.1 Å². The second kappa shape index (κ2) is 2.17. The Bertz CT molecular complexity index is 178. The number of aliphatic carboxylic acids is 1. The molecule has 1 fully saturated rings. The summed E-state index contributed by atoms with van der Waals surface area (Å²) >= 11 is 0. The van der Waals surface area contributed by atoms with Crippen molar-refractivity contribution in [3.8, 4) is 0 Å². The summed E-state index contributed by atoms with van der Waals surface area (Å²) in [6.45, 7) is 0.133. The third-order valence-corrected chi connectivity index (χ3v) is 1.27. The Balaban J connectivity index is 2.57. The van der Waals surface area contributed by atoms with Crippen LogP contribution in [-0.2, 0) is 9.53 Å². The molecule has 0 spiro atoms. The Labute approximate surface area is 57.2 Å². The van der Waals surface area contributed by atoms with Crippen molar-refractivity contribution in [1.82, 2.24) is 4.90 Å². The number of carbonyl (C=O) groups is 2. The summed E-state index contributed by atoms with van der Waals surface area (Å²) in [6.07, 6.45) is -1.56. The zero-order chi connectivity index (χ0) is 7.72. The van der Waals surface area contributed by atoms with Gasteiger partial charge < -0.3 is 14.7 Å². The summed E-state index contributed by atoms with van der Waals surface area (Å²) < 4.78 is 4.42. The highest BCUT2D eigenvalue weighted by Gasteiger charge is 2.33. The standard InChI is InChI=1S/C5H7NO4/c1-6-2-3(4(7)8)10-5(6)9/h3H,2H2,1H3,(H,7,8)/t3-/m1/s1. The van der Waals surface area contributed by atoms with Gasteiger partial charge in [0.25, 0.3) is 0 Å². The number of cyclic esters (lactones) is 1. The number of carbonyl (C=O) groups excluding carboxylic acids is 1.